The summed E-state index contributed by atoms with van der Waals surface area (Å²) in [5.41, 5.74) is 5.91. The Kier molecular flexibility index (Phi) is 3.66. The van der Waals surface area contributed by atoms with Crippen LogP contribution in [-0.2, 0) is 9.59 Å². The van der Waals surface area contributed by atoms with Crippen molar-refractivity contribution < 1.29 is 14.7 Å². The quantitative estimate of drug-likeness (QED) is 0.739. The molecule has 96 valence electrons. The lowest BCUT2D eigenvalue weighted by atomic mass is 9.96. The second kappa shape index (κ2) is 5.04. The van der Waals surface area contributed by atoms with Gasteiger partial charge < -0.3 is 15.7 Å². The van der Waals surface area contributed by atoms with Crippen LogP contribution in [0.3, 0.4) is 0 Å². The number of aliphatic carboxylic acids is 1. The molecule has 17 heavy (non-hydrogen) atoms. The van der Waals surface area contributed by atoms with Crippen LogP contribution < -0.4 is 5.73 Å². The van der Waals surface area contributed by atoms with Gasteiger partial charge in [-0.15, -0.1) is 0 Å². The first kappa shape index (κ1) is 12.4. The zero-order chi connectivity index (χ0) is 12.4. The highest BCUT2D eigenvalue weighted by atomic mass is 16.4. The second-order valence-corrected chi connectivity index (χ2v) is 5.08. The first-order chi connectivity index (χ1) is 8.11. The maximum atomic E-state index is 12.3. The molecule has 0 spiro atoms. The topological polar surface area (TPSA) is 83.6 Å². The fraction of sp³-hybridized carbons (Fsp3) is 0.833. The minimum absolute atomic E-state index is 0.0397. The van der Waals surface area contributed by atoms with E-state index in [0.717, 1.165) is 32.1 Å². The smallest absolute Gasteiger partial charge is 0.326 e. The number of nitrogens with zero attached hydrogens (tertiary/aromatic N) is 1. The summed E-state index contributed by atoms with van der Waals surface area (Å²) in [6, 6.07) is -0.720. The van der Waals surface area contributed by atoms with Crippen LogP contribution in [0.5, 0.6) is 0 Å². The summed E-state index contributed by atoms with van der Waals surface area (Å²) >= 11 is 0. The predicted molar refractivity (Wildman–Crippen MR) is 62.3 cm³/mol. The van der Waals surface area contributed by atoms with Crippen LogP contribution >= 0.6 is 0 Å². The van der Waals surface area contributed by atoms with Gasteiger partial charge >= 0.3 is 5.97 Å². The zero-order valence-electron chi connectivity index (χ0n) is 9.97. The molecular weight excluding hydrogens is 220 g/mol. The molecule has 2 fully saturated rings. The van der Waals surface area contributed by atoms with E-state index in [1.54, 1.807) is 4.90 Å². The van der Waals surface area contributed by atoms with E-state index in [-0.39, 0.29) is 17.9 Å². The summed E-state index contributed by atoms with van der Waals surface area (Å²) in [5, 5.41) is 9.14. The molecule has 1 saturated heterocycles. The highest BCUT2D eigenvalue weighted by Crippen LogP contribution is 2.28. The van der Waals surface area contributed by atoms with Gasteiger partial charge in [0.25, 0.3) is 0 Å². The average molecular weight is 240 g/mol. The monoisotopic (exact) mass is 240 g/mol. The van der Waals surface area contributed by atoms with Gasteiger partial charge in [-0.3, -0.25) is 4.79 Å². The first-order valence-electron chi connectivity index (χ1n) is 6.40. The van der Waals surface area contributed by atoms with Crippen LogP contribution in [-0.4, -0.2) is 40.5 Å². The SMILES string of the molecule is NC1CCCC1C(=O)N1CCCC[C@@H]1C(=O)O. The number of hydrogen-bond donors (Lipinski definition) is 2. The van der Waals surface area contributed by atoms with Crippen LogP contribution in [0, 0.1) is 5.92 Å². The highest BCUT2D eigenvalue weighted by Gasteiger charge is 2.39. The third-order valence-corrected chi connectivity index (χ3v) is 3.96. The van der Waals surface area contributed by atoms with Gasteiger partial charge in [0.05, 0.1) is 5.92 Å². The minimum atomic E-state index is -0.885. The van der Waals surface area contributed by atoms with Gasteiger partial charge in [0.15, 0.2) is 0 Å². The van der Waals surface area contributed by atoms with E-state index in [0.29, 0.717) is 13.0 Å². The fourth-order valence-corrected chi connectivity index (χ4v) is 2.96. The summed E-state index contributed by atoms with van der Waals surface area (Å²) in [7, 11) is 0. The Labute approximate surface area is 101 Å². The van der Waals surface area contributed by atoms with Crippen LogP contribution in [0.15, 0.2) is 0 Å². The van der Waals surface area contributed by atoms with Crippen molar-refractivity contribution in [1.29, 1.82) is 0 Å². The lowest BCUT2D eigenvalue weighted by Gasteiger charge is -2.35. The van der Waals surface area contributed by atoms with Crippen molar-refractivity contribution in [1.82, 2.24) is 4.90 Å². The molecule has 2 aliphatic rings. The Bertz CT molecular complexity index is 319. The molecule has 0 aromatic rings. The molecule has 0 aromatic carbocycles. The van der Waals surface area contributed by atoms with Crippen molar-refractivity contribution in [3.05, 3.63) is 0 Å². The van der Waals surface area contributed by atoms with E-state index in [2.05, 4.69) is 0 Å². The van der Waals surface area contributed by atoms with Crippen LogP contribution in [0.1, 0.15) is 38.5 Å². The number of piperidine rings is 1. The summed E-state index contributed by atoms with van der Waals surface area (Å²) < 4.78 is 0. The number of amides is 1. The average Bonchev–Trinajstić information content (AvgIpc) is 2.74. The second-order valence-electron chi connectivity index (χ2n) is 5.08. The van der Waals surface area contributed by atoms with Crippen molar-refractivity contribution in [2.75, 3.05) is 6.54 Å². The van der Waals surface area contributed by atoms with Crippen LogP contribution in [0.25, 0.3) is 0 Å². The van der Waals surface area contributed by atoms with Gasteiger partial charge in [-0.25, -0.2) is 4.79 Å². The summed E-state index contributed by atoms with van der Waals surface area (Å²) in [6.45, 7) is 0.568. The molecule has 0 bridgehead atoms. The van der Waals surface area contributed by atoms with Gasteiger partial charge in [0.1, 0.15) is 6.04 Å². The third kappa shape index (κ3) is 2.44. The van der Waals surface area contributed by atoms with Crippen molar-refractivity contribution in [2.45, 2.75) is 50.6 Å². The molecule has 1 heterocycles. The number of carbonyl (C=O) groups is 2. The predicted octanol–water partition coefficient (Wildman–Crippen LogP) is 0.579. The number of rotatable bonds is 2. The third-order valence-electron chi connectivity index (χ3n) is 3.96. The Balaban J connectivity index is 2.08. The number of likely N-dealkylation sites (tertiary alicyclic amines) is 1. The van der Waals surface area contributed by atoms with Gasteiger partial charge in [-0.2, -0.15) is 0 Å². The normalized spacial score (nSPS) is 33.7. The number of carboxylic acid groups (broad SMARTS) is 1. The molecule has 5 heteroatoms. The van der Waals surface area contributed by atoms with Crippen molar-refractivity contribution in [3.8, 4) is 0 Å². The van der Waals surface area contributed by atoms with Crippen LogP contribution in [0.4, 0.5) is 0 Å². The Hall–Kier alpha value is -1.10. The van der Waals surface area contributed by atoms with Gasteiger partial charge in [0.2, 0.25) is 5.91 Å². The summed E-state index contributed by atoms with van der Waals surface area (Å²) in [5.74, 6) is -1.08. The maximum absolute atomic E-state index is 12.3. The molecule has 1 aliphatic carbocycles. The van der Waals surface area contributed by atoms with Crippen molar-refractivity contribution >= 4 is 11.9 Å². The van der Waals surface area contributed by atoms with E-state index in [1.165, 1.54) is 0 Å². The van der Waals surface area contributed by atoms with Gasteiger partial charge in [0, 0.05) is 12.6 Å². The van der Waals surface area contributed by atoms with E-state index in [1.807, 2.05) is 0 Å². The largest absolute Gasteiger partial charge is 0.480 e. The molecule has 2 rings (SSSR count). The molecule has 5 nitrogen and oxygen atoms in total. The highest BCUT2D eigenvalue weighted by molar-refractivity contribution is 5.86. The Morgan fingerprint density at radius 1 is 1.12 bits per heavy atom. The molecule has 0 radical (unpaired) electrons. The standard InChI is InChI=1S/C12H20N2O3/c13-9-5-3-4-8(9)11(15)14-7-2-1-6-10(14)12(16)17/h8-10H,1-7,13H2,(H,16,17)/t8?,9?,10-/m1/s1. The van der Waals surface area contributed by atoms with Crippen LogP contribution in [0.2, 0.25) is 0 Å². The molecule has 1 aliphatic heterocycles. The number of hydrogen-bond acceptors (Lipinski definition) is 3. The maximum Gasteiger partial charge on any atom is 0.326 e. The van der Waals surface area contributed by atoms with Gasteiger partial charge in [-0.05, 0) is 32.1 Å². The number of nitrogens with two attached hydrogens (primary N) is 1. The number of carboxylic acids is 1. The molecule has 1 saturated carbocycles. The van der Waals surface area contributed by atoms with E-state index in [9.17, 15) is 9.59 Å². The molecule has 3 N–H and O–H groups in total. The summed E-state index contributed by atoms with van der Waals surface area (Å²) in [6.07, 6.45) is 5.02. The molecular formula is C12H20N2O3. The summed E-state index contributed by atoms with van der Waals surface area (Å²) in [4.78, 5) is 25.0. The van der Waals surface area contributed by atoms with E-state index < -0.39 is 12.0 Å². The van der Waals surface area contributed by atoms with Gasteiger partial charge in [-0.1, -0.05) is 6.42 Å². The molecule has 2 unspecified atom stereocenters. The van der Waals surface area contributed by atoms with E-state index >= 15 is 0 Å². The first-order valence-corrected chi connectivity index (χ1v) is 6.40. The lowest BCUT2D eigenvalue weighted by molar-refractivity contribution is -0.154. The van der Waals surface area contributed by atoms with E-state index in [4.69, 9.17) is 10.8 Å². The molecule has 0 aromatic heterocycles. The Morgan fingerprint density at radius 3 is 2.47 bits per heavy atom. The zero-order valence-corrected chi connectivity index (χ0v) is 9.97. The van der Waals surface area contributed by atoms with Crippen molar-refractivity contribution in [3.63, 3.8) is 0 Å². The molecule has 3 atom stereocenters. The Morgan fingerprint density at radius 2 is 1.88 bits per heavy atom. The molecule has 1 amide bonds. The fourth-order valence-electron chi connectivity index (χ4n) is 2.96. The van der Waals surface area contributed by atoms with Crippen molar-refractivity contribution in [2.24, 2.45) is 11.7 Å². The minimum Gasteiger partial charge on any atom is -0.480 e. The number of carbonyl (C=O) groups excluding carboxylic acids is 1. The lowest BCUT2D eigenvalue weighted by Crippen LogP contribution is -2.52.